The van der Waals surface area contributed by atoms with Gasteiger partial charge >= 0.3 is 11.9 Å². The summed E-state index contributed by atoms with van der Waals surface area (Å²) in [5, 5.41) is 21.5. The second-order valence-electron chi connectivity index (χ2n) is 15.4. The first kappa shape index (κ1) is 42.9. The lowest BCUT2D eigenvalue weighted by molar-refractivity contribution is -0.159. The summed E-state index contributed by atoms with van der Waals surface area (Å²) >= 11 is 1.67. The van der Waals surface area contributed by atoms with Gasteiger partial charge in [-0.3, -0.25) is 0 Å². The van der Waals surface area contributed by atoms with E-state index >= 15 is 0 Å². The predicted octanol–water partition coefficient (Wildman–Crippen LogP) is 8.72. The third-order valence-corrected chi connectivity index (χ3v) is 9.88. The van der Waals surface area contributed by atoms with Gasteiger partial charge < -0.3 is 29.2 Å². The Labute approximate surface area is 304 Å². The van der Waals surface area contributed by atoms with Crippen molar-refractivity contribution in [2.75, 3.05) is 19.8 Å². The fourth-order valence-corrected chi connectivity index (χ4v) is 6.31. The van der Waals surface area contributed by atoms with Gasteiger partial charge in [0.05, 0.1) is 6.10 Å². The summed E-state index contributed by atoms with van der Waals surface area (Å²) in [5.41, 5.74) is 3.35. The Morgan fingerprint density at radius 2 is 1.14 bits per heavy atom. The molecule has 0 fully saturated rings. The molecule has 278 valence electrons. The molecule has 2 unspecified atom stereocenters. The second-order valence-corrected chi connectivity index (χ2v) is 16.5. The molecule has 0 spiro atoms. The zero-order valence-electron chi connectivity index (χ0n) is 32.4. The number of hydrogen-bond acceptors (Lipinski definition) is 9. The monoisotopic (exact) mass is 712 g/mol. The van der Waals surface area contributed by atoms with Crippen LogP contribution in [-0.4, -0.2) is 59.8 Å². The van der Waals surface area contributed by atoms with Crippen LogP contribution in [0.2, 0.25) is 0 Å². The Bertz CT molecular complexity index is 1520. The second kappa shape index (κ2) is 17.8. The first-order chi connectivity index (χ1) is 23.0. The summed E-state index contributed by atoms with van der Waals surface area (Å²) in [6.45, 7) is 31.0. The number of ether oxygens (including phenoxy) is 4. The highest BCUT2D eigenvalue weighted by molar-refractivity contribution is 7.99. The third kappa shape index (κ3) is 12.2. The Morgan fingerprint density at radius 1 is 0.720 bits per heavy atom. The predicted molar refractivity (Wildman–Crippen MR) is 201 cm³/mol. The zero-order chi connectivity index (χ0) is 38.2. The maximum atomic E-state index is 12.3. The number of hydrogen-bond donors (Lipinski definition) is 2. The van der Waals surface area contributed by atoms with Crippen molar-refractivity contribution < 1.29 is 38.7 Å². The van der Waals surface area contributed by atoms with Crippen molar-refractivity contribution in [1.82, 2.24) is 0 Å². The van der Waals surface area contributed by atoms with E-state index in [1.807, 2.05) is 39.8 Å². The molecule has 2 rings (SSSR count). The van der Waals surface area contributed by atoms with E-state index in [0.717, 1.165) is 32.0 Å². The Balaban J connectivity index is 2.34. The molecule has 2 atom stereocenters. The fourth-order valence-electron chi connectivity index (χ4n) is 5.28. The molecule has 0 amide bonds. The van der Waals surface area contributed by atoms with Crippen molar-refractivity contribution >= 4 is 23.7 Å². The number of aliphatic hydroxyl groups is 2. The highest BCUT2D eigenvalue weighted by atomic mass is 32.2. The van der Waals surface area contributed by atoms with Crippen molar-refractivity contribution in [1.29, 1.82) is 0 Å². The molecular weight excluding hydrogens is 653 g/mol. The van der Waals surface area contributed by atoms with Crippen molar-refractivity contribution in [2.45, 2.75) is 141 Å². The molecule has 0 aliphatic heterocycles. The van der Waals surface area contributed by atoms with E-state index in [9.17, 15) is 19.8 Å². The molecule has 0 aliphatic carbocycles. The molecule has 2 aromatic carbocycles. The van der Waals surface area contributed by atoms with Crippen LogP contribution >= 0.6 is 11.8 Å². The summed E-state index contributed by atoms with van der Waals surface area (Å²) in [6.07, 6.45) is -0.443. The molecule has 0 aliphatic rings. The first-order valence-electron chi connectivity index (χ1n) is 17.3. The maximum Gasteiger partial charge on any atom is 0.333 e. The Kier molecular flexibility index (Phi) is 15.3. The lowest BCUT2D eigenvalue weighted by Crippen LogP contribution is -2.39. The lowest BCUT2D eigenvalue weighted by atomic mass is 9.85. The molecule has 50 heavy (non-hydrogen) atoms. The van der Waals surface area contributed by atoms with Gasteiger partial charge in [-0.05, 0) is 86.8 Å². The van der Waals surface area contributed by atoms with Crippen LogP contribution in [0.3, 0.4) is 0 Å². The van der Waals surface area contributed by atoms with Crippen LogP contribution in [0.15, 0.2) is 58.4 Å². The quantitative estimate of drug-likeness (QED) is 0.123. The summed E-state index contributed by atoms with van der Waals surface area (Å²) in [7, 11) is 0. The van der Waals surface area contributed by atoms with Crippen molar-refractivity contribution in [3.63, 3.8) is 0 Å². The largest absolute Gasteiger partial charge is 0.491 e. The van der Waals surface area contributed by atoms with Crippen LogP contribution in [0.25, 0.3) is 0 Å². The van der Waals surface area contributed by atoms with E-state index in [4.69, 9.17) is 18.9 Å². The van der Waals surface area contributed by atoms with Crippen molar-refractivity contribution in [2.24, 2.45) is 0 Å². The molecular formula is C41H60O8S. The smallest absolute Gasteiger partial charge is 0.333 e. The van der Waals surface area contributed by atoms with E-state index < -0.39 is 29.7 Å². The first-order valence-corrected chi connectivity index (χ1v) is 18.2. The summed E-state index contributed by atoms with van der Waals surface area (Å²) in [6, 6.07) is 8.34. The van der Waals surface area contributed by atoms with E-state index in [2.05, 4.69) is 66.8 Å². The number of aryl methyl sites for hydroxylation is 2. The van der Waals surface area contributed by atoms with Gasteiger partial charge in [-0.25, -0.2) is 9.59 Å². The molecule has 0 saturated carbocycles. The average molecular weight is 713 g/mol. The number of rotatable bonds is 17. The Morgan fingerprint density at radius 3 is 1.52 bits per heavy atom. The molecule has 0 radical (unpaired) electrons. The molecule has 2 N–H and O–H groups in total. The number of esters is 2. The van der Waals surface area contributed by atoms with E-state index in [1.165, 1.54) is 0 Å². The molecule has 0 heterocycles. The SMILES string of the molecule is C=C(C)C(=O)OCC(O)COc1cc(C)c(Sc2cc(C(C)(C)C)c(OCC(O)CC(CC)(CC)OC(=O)C(=C)C)cc2C)cc1C(C)(C)C. The van der Waals surface area contributed by atoms with Crippen LogP contribution in [0.5, 0.6) is 11.5 Å². The average Bonchev–Trinajstić information content (AvgIpc) is 3.01. The number of carbonyl (C=O) groups is 2. The maximum absolute atomic E-state index is 12.3. The minimum Gasteiger partial charge on any atom is -0.491 e. The summed E-state index contributed by atoms with van der Waals surface area (Å²) < 4.78 is 23.3. The number of aliphatic hydroxyl groups excluding tert-OH is 2. The fraction of sp³-hybridized carbons (Fsp3) is 0.561. The van der Waals surface area contributed by atoms with Crippen molar-refractivity contribution in [3.05, 3.63) is 70.8 Å². The van der Waals surface area contributed by atoms with Gasteiger partial charge in [-0.2, -0.15) is 0 Å². The van der Waals surface area contributed by atoms with Gasteiger partial charge in [-0.15, -0.1) is 0 Å². The van der Waals surface area contributed by atoms with Gasteiger partial charge in [-0.1, -0.05) is 80.3 Å². The molecule has 2 aromatic rings. The minimum atomic E-state index is -0.985. The molecule has 0 aromatic heterocycles. The van der Waals surface area contributed by atoms with Crippen LogP contribution in [-0.2, 0) is 29.9 Å². The van der Waals surface area contributed by atoms with Crippen LogP contribution in [0.4, 0.5) is 0 Å². The lowest BCUT2D eigenvalue weighted by Gasteiger charge is -2.33. The van der Waals surface area contributed by atoms with E-state index in [0.29, 0.717) is 29.9 Å². The van der Waals surface area contributed by atoms with Gasteiger partial charge in [0.15, 0.2) is 0 Å². The molecule has 0 bridgehead atoms. The van der Waals surface area contributed by atoms with Gasteiger partial charge in [0.2, 0.25) is 0 Å². The van der Waals surface area contributed by atoms with E-state index in [-0.39, 0.29) is 42.6 Å². The highest BCUT2D eigenvalue weighted by Gasteiger charge is 2.34. The van der Waals surface area contributed by atoms with Crippen molar-refractivity contribution in [3.8, 4) is 11.5 Å². The topological polar surface area (TPSA) is 112 Å². The summed E-state index contributed by atoms with van der Waals surface area (Å²) in [5.74, 6) is 0.376. The standard InChI is InChI=1S/C41H60O8S/c1-15-41(16-2,49-38(45)26(5)6)21-29(42)22-46-33-17-27(7)35(19-31(33)39(9,10)11)50-36-20-32(40(12,13)14)34(18-28(36)8)47-23-30(43)24-48-37(44)25(3)4/h17-20,29-30,42-43H,3,5,15-16,21-24H2,1-2,4,6-14H3. The van der Waals surface area contributed by atoms with Gasteiger partial charge in [0, 0.05) is 38.5 Å². The molecule has 0 saturated heterocycles. The summed E-state index contributed by atoms with van der Waals surface area (Å²) in [4.78, 5) is 26.2. The third-order valence-electron chi connectivity index (χ3n) is 8.56. The normalized spacial score (nSPS) is 13.3. The Hall–Kier alpha value is -3.27. The molecule has 8 nitrogen and oxygen atoms in total. The zero-order valence-corrected chi connectivity index (χ0v) is 33.2. The van der Waals surface area contributed by atoms with E-state index in [1.54, 1.807) is 25.6 Å². The number of carbonyl (C=O) groups excluding carboxylic acids is 2. The van der Waals surface area contributed by atoms with Crippen LogP contribution < -0.4 is 9.47 Å². The van der Waals surface area contributed by atoms with Crippen LogP contribution in [0.1, 0.15) is 111 Å². The molecule has 9 heteroatoms. The van der Waals surface area contributed by atoms with Crippen LogP contribution in [0, 0.1) is 13.8 Å². The number of benzene rings is 2. The van der Waals surface area contributed by atoms with Gasteiger partial charge in [0.25, 0.3) is 0 Å². The minimum absolute atomic E-state index is 0.0276. The highest BCUT2D eigenvalue weighted by Crippen LogP contribution is 2.43. The van der Waals surface area contributed by atoms with Gasteiger partial charge in [0.1, 0.15) is 43.0 Å².